The van der Waals surface area contributed by atoms with Crippen molar-refractivity contribution >= 4 is 0 Å². The van der Waals surface area contributed by atoms with Crippen molar-refractivity contribution in [3.63, 3.8) is 0 Å². The first kappa shape index (κ1) is 13.2. The monoisotopic (exact) mass is 222 g/mol. The second kappa shape index (κ2) is 4.56. The molecule has 2 heteroatoms. The summed E-state index contributed by atoms with van der Waals surface area (Å²) in [6.07, 6.45) is -1.58. The molecule has 0 radical (unpaired) electrons. The van der Waals surface area contributed by atoms with E-state index < -0.39 is 12.2 Å². The third-order valence-electron chi connectivity index (χ3n) is 3.06. The number of hydrogen-bond acceptors (Lipinski definition) is 2. The summed E-state index contributed by atoms with van der Waals surface area (Å²) in [5.41, 5.74) is 2.79. The van der Waals surface area contributed by atoms with E-state index in [1.807, 2.05) is 52.8 Å². The smallest absolute Gasteiger partial charge is 0.105 e. The molecule has 2 nitrogen and oxygen atoms in total. The van der Waals surface area contributed by atoms with Gasteiger partial charge in [-0.3, -0.25) is 0 Å². The predicted octanol–water partition coefficient (Wildman–Crippen LogP) is 2.74. The number of aryl methyl sites for hydroxylation is 2. The van der Waals surface area contributed by atoms with Gasteiger partial charge in [0.05, 0.1) is 6.10 Å². The van der Waals surface area contributed by atoms with Crippen molar-refractivity contribution in [1.29, 1.82) is 0 Å². The van der Waals surface area contributed by atoms with Crippen LogP contribution in [0.1, 0.15) is 43.6 Å². The van der Waals surface area contributed by atoms with E-state index in [1.165, 1.54) is 5.56 Å². The lowest BCUT2D eigenvalue weighted by Crippen LogP contribution is -2.32. The van der Waals surface area contributed by atoms with Crippen LogP contribution in [0.25, 0.3) is 0 Å². The van der Waals surface area contributed by atoms with Gasteiger partial charge in [-0.25, -0.2) is 0 Å². The van der Waals surface area contributed by atoms with Crippen LogP contribution >= 0.6 is 0 Å². The van der Waals surface area contributed by atoms with Crippen molar-refractivity contribution in [3.8, 4) is 0 Å². The SMILES string of the molecule is Cc1ccc(C(O)C(O)C(C)(C)C)cc1C. The first-order valence-electron chi connectivity index (χ1n) is 5.67. The van der Waals surface area contributed by atoms with Gasteiger partial charge in [0.15, 0.2) is 0 Å². The molecule has 2 atom stereocenters. The van der Waals surface area contributed by atoms with E-state index in [9.17, 15) is 10.2 Å². The number of rotatable bonds is 2. The third kappa shape index (κ3) is 2.83. The van der Waals surface area contributed by atoms with Crippen LogP contribution < -0.4 is 0 Å². The second-order valence-electron chi connectivity index (χ2n) is 5.60. The molecule has 0 saturated carbocycles. The lowest BCUT2D eigenvalue weighted by molar-refractivity contribution is -0.0458. The Hall–Kier alpha value is -0.860. The van der Waals surface area contributed by atoms with Crippen molar-refractivity contribution < 1.29 is 10.2 Å². The third-order valence-corrected chi connectivity index (χ3v) is 3.06. The molecule has 0 amide bonds. The summed E-state index contributed by atoms with van der Waals surface area (Å²) in [5, 5.41) is 20.1. The summed E-state index contributed by atoms with van der Waals surface area (Å²) in [5.74, 6) is 0. The quantitative estimate of drug-likeness (QED) is 0.807. The molecule has 16 heavy (non-hydrogen) atoms. The van der Waals surface area contributed by atoms with Crippen LogP contribution in [-0.2, 0) is 0 Å². The Labute approximate surface area is 97.9 Å². The number of benzene rings is 1. The van der Waals surface area contributed by atoms with Crippen LogP contribution in [0.5, 0.6) is 0 Å². The molecule has 0 fully saturated rings. The minimum Gasteiger partial charge on any atom is -0.390 e. The Morgan fingerprint density at radius 3 is 2.00 bits per heavy atom. The molecule has 0 saturated heterocycles. The lowest BCUT2D eigenvalue weighted by atomic mass is 9.83. The van der Waals surface area contributed by atoms with E-state index >= 15 is 0 Å². The van der Waals surface area contributed by atoms with Gasteiger partial charge in [-0.15, -0.1) is 0 Å². The molecule has 2 N–H and O–H groups in total. The minimum absolute atomic E-state index is 0.321. The maximum absolute atomic E-state index is 10.1. The standard InChI is InChI=1S/C14H22O2/c1-9-6-7-11(8-10(9)2)12(15)13(16)14(3,4)5/h6-8,12-13,15-16H,1-5H3. The molecule has 2 unspecified atom stereocenters. The van der Waals surface area contributed by atoms with Gasteiger partial charge in [0, 0.05) is 0 Å². The summed E-state index contributed by atoms with van der Waals surface area (Å²) in [4.78, 5) is 0. The van der Waals surface area contributed by atoms with E-state index in [1.54, 1.807) is 0 Å². The van der Waals surface area contributed by atoms with Crippen molar-refractivity contribution in [3.05, 3.63) is 34.9 Å². The minimum atomic E-state index is -0.820. The highest BCUT2D eigenvalue weighted by atomic mass is 16.3. The molecule has 0 aliphatic rings. The van der Waals surface area contributed by atoms with Crippen LogP contribution in [0, 0.1) is 19.3 Å². The van der Waals surface area contributed by atoms with E-state index in [-0.39, 0.29) is 5.41 Å². The Morgan fingerprint density at radius 1 is 1.00 bits per heavy atom. The predicted molar refractivity (Wildman–Crippen MR) is 66.3 cm³/mol. The summed E-state index contributed by atoms with van der Waals surface area (Å²) < 4.78 is 0. The Bertz CT molecular complexity index is 363. The topological polar surface area (TPSA) is 40.5 Å². The van der Waals surface area contributed by atoms with Crippen LogP contribution in [0.2, 0.25) is 0 Å². The number of aliphatic hydroxyl groups excluding tert-OH is 2. The highest BCUT2D eigenvalue weighted by Crippen LogP contribution is 2.30. The van der Waals surface area contributed by atoms with Gasteiger partial charge in [0.25, 0.3) is 0 Å². The molecule has 0 aromatic heterocycles. The molecule has 0 heterocycles. The molecular formula is C14H22O2. The molecule has 0 aliphatic carbocycles. The van der Waals surface area contributed by atoms with Crippen molar-refractivity contribution in [2.45, 2.75) is 46.8 Å². The average Bonchev–Trinajstić information content (AvgIpc) is 2.18. The lowest BCUT2D eigenvalue weighted by Gasteiger charge is -2.30. The summed E-state index contributed by atoms with van der Waals surface area (Å²) in [7, 11) is 0. The number of aliphatic hydroxyl groups is 2. The largest absolute Gasteiger partial charge is 0.390 e. The Morgan fingerprint density at radius 2 is 1.56 bits per heavy atom. The van der Waals surface area contributed by atoms with Gasteiger partial charge in [0.1, 0.15) is 6.10 Å². The maximum Gasteiger partial charge on any atom is 0.105 e. The van der Waals surface area contributed by atoms with Crippen LogP contribution in [-0.4, -0.2) is 16.3 Å². The van der Waals surface area contributed by atoms with Gasteiger partial charge in [0.2, 0.25) is 0 Å². The molecule has 0 aliphatic heterocycles. The molecule has 1 aromatic carbocycles. The van der Waals surface area contributed by atoms with Crippen LogP contribution in [0.4, 0.5) is 0 Å². The molecular weight excluding hydrogens is 200 g/mol. The van der Waals surface area contributed by atoms with Gasteiger partial charge < -0.3 is 10.2 Å². The molecule has 0 spiro atoms. The first-order chi connectivity index (χ1) is 7.23. The molecule has 1 rings (SSSR count). The van der Waals surface area contributed by atoms with Gasteiger partial charge in [-0.1, -0.05) is 39.0 Å². The summed E-state index contributed by atoms with van der Waals surface area (Å²) >= 11 is 0. The van der Waals surface area contributed by atoms with E-state index in [2.05, 4.69) is 0 Å². The van der Waals surface area contributed by atoms with Crippen molar-refractivity contribution in [1.82, 2.24) is 0 Å². The summed E-state index contributed by atoms with van der Waals surface area (Å²) in [6.45, 7) is 9.80. The highest BCUT2D eigenvalue weighted by Gasteiger charge is 2.30. The van der Waals surface area contributed by atoms with Crippen molar-refractivity contribution in [2.75, 3.05) is 0 Å². The summed E-state index contributed by atoms with van der Waals surface area (Å²) in [6, 6.07) is 5.79. The van der Waals surface area contributed by atoms with E-state index in [0.29, 0.717) is 0 Å². The molecule has 1 aromatic rings. The van der Waals surface area contributed by atoms with Gasteiger partial charge in [-0.2, -0.15) is 0 Å². The number of hydrogen-bond donors (Lipinski definition) is 2. The van der Waals surface area contributed by atoms with Crippen LogP contribution in [0.15, 0.2) is 18.2 Å². The van der Waals surface area contributed by atoms with E-state index in [4.69, 9.17) is 0 Å². The fraction of sp³-hybridized carbons (Fsp3) is 0.571. The second-order valence-corrected chi connectivity index (χ2v) is 5.60. The van der Waals surface area contributed by atoms with Gasteiger partial charge in [-0.05, 0) is 36.0 Å². The zero-order chi connectivity index (χ0) is 12.5. The Kier molecular flexibility index (Phi) is 3.76. The van der Waals surface area contributed by atoms with Crippen molar-refractivity contribution in [2.24, 2.45) is 5.41 Å². The zero-order valence-corrected chi connectivity index (χ0v) is 10.8. The first-order valence-corrected chi connectivity index (χ1v) is 5.67. The van der Waals surface area contributed by atoms with Crippen LogP contribution in [0.3, 0.4) is 0 Å². The fourth-order valence-electron chi connectivity index (χ4n) is 1.60. The Balaban J connectivity index is 2.97. The van der Waals surface area contributed by atoms with Gasteiger partial charge >= 0.3 is 0 Å². The fourth-order valence-corrected chi connectivity index (χ4v) is 1.60. The van der Waals surface area contributed by atoms with E-state index in [0.717, 1.165) is 11.1 Å². The normalized spacial score (nSPS) is 15.9. The maximum atomic E-state index is 10.1. The average molecular weight is 222 g/mol. The zero-order valence-electron chi connectivity index (χ0n) is 10.8. The molecule has 0 bridgehead atoms. The molecule has 90 valence electrons. The highest BCUT2D eigenvalue weighted by molar-refractivity contribution is 5.31.